The summed E-state index contributed by atoms with van der Waals surface area (Å²) >= 11 is 0. The molecule has 0 radical (unpaired) electrons. The Bertz CT molecular complexity index is 627. The fourth-order valence-corrected chi connectivity index (χ4v) is 2.00. The molecular weight excluding hydrogens is 266 g/mol. The molecular formula is C15H14F2O3. The highest BCUT2D eigenvalue weighted by Gasteiger charge is 2.48. The first-order valence-electron chi connectivity index (χ1n) is 6.17. The van der Waals surface area contributed by atoms with Gasteiger partial charge in [0.05, 0.1) is 6.61 Å². The van der Waals surface area contributed by atoms with E-state index in [1.54, 1.807) is 18.2 Å². The molecule has 1 unspecified atom stereocenters. The van der Waals surface area contributed by atoms with Crippen LogP contribution in [-0.4, -0.2) is 24.1 Å². The zero-order valence-electron chi connectivity index (χ0n) is 10.8. The van der Waals surface area contributed by atoms with Crippen LogP contribution in [0.3, 0.4) is 0 Å². The number of carbonyl (C=O) groups is 1. The van der Waals surface area contributed by atoms with E-state index in [-0.39, 0.29) is 12.2 Å². The molecule has 0 saturated carbocycles. The lowest BCUT2D eigenvalue weighted by Crippen LogP contribution is -2.44. The third-order valence-electron chi connectivity index (χ3n) is 3.09. The van der Waals surface area contributed by atoms with Crippen molar-refractivity contribution in [2.75, 3.05) is 6.61 Å². The highest BCUT2D eigenvalue weighted by molar-refractivity contribution is 5.87. The average Bonchev–Trinajstić information content (AvgIpc) is 2.45. The van der Waals surface area contributed by atoms with Crippen molar-refractivity contribution in [3.8, 4) is 0 Å². The van der Waals surface area contributed by atoms with Gasteiger partial charge in [-0.2, -0.15) is 0 Å². The van der Waals surface area contributed by atoms with Gasteiger partial charge in [0.25, 0.3) is 6.43 Å². The van der Waals surface area contributed by atoms with E-state index in [4.69, 9.17) is 0 Å². The van der Waals surface area contributed by atoms with Crippen molar-refractivity contribution in [1.29, 1.82) is 0 Å². The zero-order chi connectivity index (χ0) is 14.8. The van der Waals surface area contributed by atoms with Gasteiger partial charge in [0.2, 0.25) is 5.60 Å². The van der Waals surface area contributed by atoms with Gasteiger partial charge in [-0.1, -0.05) is 36.4 Å². The Balaban J connectivity index is 2.54. The molecule has 5 heteroatoms. The quantitative estimate of drug-likeness (QED) is 0.876. The van der Waals surface area contributed by atoms with Gasteiger partial charge in [0.1, 0.15) is 0 Å². The predicted molar refractivity (Wildman–Crippen MR) is 70.5 cm³/mol. The first kappa shape index (κ1) is 14.4. The molecule has 3 nitrogen and oxygen atoms in total. The maximum atomic E-state index is 13.2. The van der Waals surface area contributed by atoms with E-state index in [1.165, 1.54) is 19.1 Å². The lowest BCUT2D eigenvalue weighted by Gasteiger charge is -2.25. The Labute approximate surface area is 114 Å². The summed E-state index contributed by atoms with van der Waals surface area (Å²) in [6, 6.07) is 11.4. The summed E-state index contributed by atoms with van der Waals surface area (Å²) in [7, 11) is 0. The van der Waals surface area contributed by atoms with Crippen LogP contribution in [0.4, 0.5) is 8.78 Å². The van der Waals surface area contributed by atoms with Gasteiger partial charge in [0.15, 0.2) is 0 Å². The highest BCUT2D eigenvalue weighted by Crippen LogP contribution is 2.32. The largest absolute Gasteiger partial charge is 0.463 e. The molecule has 0 heterocycles. The molecule has 0 saturated heterocycles. The molecule has 0 aliphatic heterocycles. The lowest BCUT2D eigenvalue weighted by atomic mass is 9.92. The van der Waals surface area contributed by atoms with E-state index in [1.807, 2.05) is 12.1 Å². The normalized spacial score (nSPS) is 14.2. The Hall–Kier alpha value is -2.01. The number of esters is 1. The molecule has 1 atom stereocenters. The molecule has 2 aromatic carbocycles. The topological polar surface area (TPSA) is 46.5 Å². The van der Waals surface area contributed by atoms with E-state index in [0.29, 0.717) is 5.39 Å². The summed E-state index contributed by atoms with van der Waals surface area (Å²) < 4.78 is 31.0. The highest BCUT2D eigenvalue weighted by atomic mass is 19.3. The second kappa shape index (κ2) is 5.54. The summed E-state index contributed by atoms with van der Waals surface area (Å²) in [6.45, 7) is 1.41. The van der Waals surface area contributed by atoms with Gasteiger partial charge >= 0.3 is 5.97 Å². The maximum absolute atomic E-state index is 13.2. The molecule has 2 rings (SSSR count). The number of hydrogen-bond donors (Lipinski definition) is 1. The number of halogens is 2. The van der Waals surface area contributed by atoms with Crippen molar-refractivity contribution in [2.24, 2.45) is 0 Å². The number of carbonyl (C=O) groups excluding carboxylic acids is 1. The van der Waals surface area contributed by atoms with Gasteiger partial charge in [0, 0.05) is 5.56 Å². The van der Waals surface area contributed by atoms with Gasteiger partial charge in [-0.25, -0.2) is 13.6 Å². The first-order valence-corrected chi connectivity index (χ1v) is 6.17. The third kappa shape index (κ3) is 2.36. The van der Waals surface area contributed by atoms with Crippen LogP contribution >= 0.6 is 0 Å². The summed E-state index contributed by atoms with van der Waals surface area (Å²) in [4.78, 5) is 11.7. The number of benzene rings is 2. The zero-order valence-corrected chi connectivity index (χ0v) is 10.8. The SMILES string of the molecule is CCOC(=O)C(O)(c1ccc2ccccc2c1)C(F)F. The number of alkyl halides is 2. The molecule has 0 amide bonds. The van der Waals surface area contributed by atoms with Crippen molar-refractivity contribution in [1.82, 2.24) is 0 Å². The van der Waals surface area contributed by atoms with Crippen LogP contribution in [0, 0.1) is 0 Å². The second-order valence-electron chi connectivity index (χ2n) is 4.35. The van der Waals surface area contributed by atoms with E-state index >= 15 is 0 Å². The van der Waals surface area contributed by atoms with Crippen molar-refractivity contribution >= 4 is 16.7 Å². The van der Waals surface area contributed by atoms with E-state index in [9.17, 15) is 18.7 Å². The number of hydrogen-bond acceptors (Lipinski definition) is 3. The van der Waals surface area contributed by atoms with Gasteiger partial charge < -0.3 is 9.84 Å². The monoisotopic (exact) mass is 280 g/mol. The minimum Gasteiger partial charge on any atom is -0.463 e. The van der Waals surface area contributed by atoms with Crippen LogP contribution < -0.4 is 0 Å². The van der Waals surface area contributed by atoms with Gasteiger partial charge in [-0.3, -0.25) is 0 Å². The number of rotatable bonds is 4. The molecule has 1 N–H and O–H groups in total. The van der Waals surface area contributed by atoms with Crippen LogP contribution in [0.15, 0.2) is 42.5 Å². The van der Waals surface area contributed by atoms with E-state index in [0.717, 1.165) is 5.39 Å². The Kier molecular flexibility index (Phi) is 3.99. The molecule has 0 fully saturated rings. The fourth-order valence-electron chi connectivity index (χ4n) is 2.00. The first-order chi connectivity index (χ1) is 9.50. The van der Waals surface area contributed by atoms with Crippen molar-refractivity contribution in [2.45, 2.75) is 19.0 Å². The smallest absolute Gasteiger partial charge is 0.349 e. The van der Waals surface area contributed by atoms with Crippen molar-refractivity contribution < 1.29 is 23.4 Å². The van der Waals surface area contributed by atoms with Crippen molar-refractivity contribution in [3.05, 3.63) is 48.0 Å². The number of fused-ring (bicyclic) bond motifs is 1. The summed E-state index contributed by atoms with van der Waals surface area (Å²) in [5, 5.41) is 11.6. The Morgan fingerprint density at radius 1 is 1.25 bits per heavy atom. The third-order valence-corrected chi connectivity index (χ3v) is 3.09. The molecule has 0 spiro atoms. The van der Waals surface area contributed by atoms with E-state index < -0.39 is 18.0 Å². The van der Waals surface area contributed by atoms with Crippen molar-refractivity contribution in [3.63, 3.8) is 0 Å². The second-order valence-corrected chi connectivity index (χ2v) is 4.35. The lowest BCUT2D eigenvalue weighted by molar-refractivity contribution is -0.184. The maximum Gasteiger partial charge on any atom is 0.349 e. The molecule has 0 bridgehead atoms. The van der Waals surface area contributed by atoms with Crippen LogP contribution in [0.2, 0.25) is 0 Å². The molecule has 106 valence electrons. The number of ether oxygens (including phenoxy) is 1. The minimum absolute atomic E-state index is 0.0819. The molecule has 2 aromatic rings. The molecule has 0 aromatic heterocycles. The standard InChI is InChI=1S/C15H14F2O3/c1-2-20-14(18)15(19,13(16)17)12-8-7-10-5-3-4-6-11(10)9-12/h3-9,13,19H,2H2,1H3. The van der Waals surface area contributed by atoms with E-state index in [2.05, 4.69) is 4.74 Å². The predicted octanol–water partition coefficient (Wildman–Crippen LogP) is 2.86. The van der Waals surface area contributed by atoms with Gasteiger partial charge in [-0.05, 0) is 23.8 Å². The van der Waals surface area contributed by atoms with Crippen LogP contribution in [0.1, 0.15) is 12.5 Å². The Morgan fingerprint density at radius 3 is 2.50 bits per heavy atom. The van der Waals surface area contributed by atoms with Crippen LogP contribution in [0.25, 0.3) is 10.8 Å². The Morgan fingerprint density at radius 2 is 1.90 bits per heavy atom. The van der Waals surface area contributed by atoms with Crippen LogP contribution in [-0.2, 0) is 15.1 Å². The summed E-state index contributed by atoms with van der Waals surface area (Å²) in [6.07, 6.45) is -3.28. The number of aliphatic hydroxyl groups is 1. The molecule has 0 aliphatic rings. The summed E-state index contributed by atoms with van der Waals surface area (Å²) in [5.74, 6) is -1.34. The summed E-state index contributed by atoms with van der Waals surface area (Å²) in [5.41, 5.74) is -3.12. The molecule has 0 aliphatic carbocycles. The minimum atomic E-state index is -3.28. The molecule has 20 heavy (non-hydrogen) atoms. The van der Waals surface area contributed by atoms with Gasteiger partial charge in [-0.15, -0.1) is 0 Å². The fraction of sp³-hybridized carbons (Fsp3) is 0.267. The average molecular weight is 280 g/mol. The van der Waals surface area contributed by atoms with Crippen LogP contribution in [0.5, 0.6) is 0 Å².